The molecule has 0 aliphatic carbocycles. The number of amides is 2. The smallest absolute Gasteiger partial charge is 0.255 e. The lowest BCUT2D eigenvalue weighted by atomic mass is 10.2. The van der Waals surface area contributed by atoms with E-state index in [1.807, 2.05) is 0 Å². The largest absolute Gasteiger partial charge is 0.395 e. The lowest BCUT2D eigenvalue weighted by molar-refractivity contribution is -0.132. The number of hydrogen-bond donors (Lipinski definition) is 2. The third kappa shape index (κ3) is 5.42. The van der Waals surface area contributed by atoms with Crippen LogP contribution in [0.5, 0.6) is 0 Å². The van der Waals surface area contributed by atoms with Crippen molar-refractivity contribution in [3.8, 4) is 0 Å². The van der Waals surface area contributed by atoms with Gasteiger partial charge in [-0.05, 0) is 12.1 Å². The molecule has 0 fully saturated rings. The molecule has 8 heteroatoms. The maximum atomic E-state index is 13.3. The number of halogens is 3. The first-order valence-electron chi connectivity index (χ1n) is 6.15. The van der Waals surface area contributed by atoms with Gasteiger partial charge in [-0.3, -0.25) is 9.59 Å². The van der Waals surface area contributed by atoms with Crippen molar-refractivity contribution in [1.29, 1.82) is 0 Å². The minimum Gasteiger partial charge on any atom is -0.395 e. The van der Waals surface area contributed by atoms with E-state index in [0.717, 1.165) is 11.0 Å². The van der Waals surface area contributed by atoms with Crippen LogP contribution in [0.1, 0.15) is 10.4 Å². The second-order valence-electron chi connectivity index (χ2n) is 4.12. The molecule has 0 bridgehead atoms. The van der Waals surface area contributed by atoms with Crippen LogP contribution in [0.2, 0.25) is 0 Å². The average Bonchev–Trinajstić information content (AvgIpc) is 2.44. The fourth-order valence-electron chi connectivity index (χ4n) is 1.61. The van der Waals surface area contributed by atoms with Crippen LogP contribution in [0.25, 0.3) is 0 Å². The molecule has 5 nitrogen and oxygen atoms in total. The molecule has 0 spiro atoms. The first kappa shape index (κ1) is 17.0. The van der Waals surface area contributed by atoms with E-state index in [1.54, 1.807) is 0 Å². The van der Waals surface area contributed by atoms with Crippen molar-refractivity contribution in [3.63, 3.8) is 0 Å². The summed E-state index contributed by atoms with van der Waals surface area (Å²) < 4.78 is 37.9. The van der Waals surface area contributed by atoms with Gasteiger partial charge in [-0.2, -0.15) is 0 Å². The van der Waals surface area contributed by atoms with Gasteiger partial charge in [0.25, 0.3) is 12.3 Å². The molecule has 1 aromatic carbocycles. The first-order valence-corrected chi connectivity index (χ1v) is 6.15. The van der Waals surface area contributed by atoms with Crippen LogP contribution in [-0.4, -0.2) is 54.5 Å². The number of aliphatic hydroxyl groups excluding tert-OH is 1. The highest BCUT2D eigenvalue weighted by atomic mass is 19.3. The Morgan fingerprint density at radius 1 is 1.29 bits per heavy atom. The highest BCUT2D eigenvalue weighted by Crippen LogP contribution is 2.05. The Morgan fingerprint density at radius 2 is 1.95 bits per heavy atom. The number of nitrogens with one attached hydrogen (secondary N) is 1. The van der Waals surface area contributed by atoms with E-state index in [2.05, 4.69) is 5.32 Å². The summed E-state index contributed by atoms with van der Waals surface area (Å²) in [5.41, 5.74) is -0.243. The number of rotatable bonds is 7. The Hall–Kier alpha value is -2.09. The number of nitrogens with zero attached hydrogens (tertiary/aromatic N) is 1. The van der Waals surface area contributed by atoms with Crippen molar-refractivity contribution in [2.75, 3.05) is 26.2 Å². The molecule has 1 aromatic rings. The van der Waals surface area contributed by atoms with Crippen molar-refractivity contribution in [2.45, 2.75) is 6.43 Å². The van der Waals surface area contributed by atoms with Crippen LogP contribution in [0.3, 0.4) is 0 Å². The summed E-state index contributed by atoms with van der Waals surface area (Å²) in [4.78, 5) is 24.0. The van der Waals surface area contributed by atoms with Gasteiger partial charge in [0.05, 0.1) is 25.3 Å². The van der Waals surface area contributed by atoms with E-state index in [4.69, 9.17) is 5.11 Å². The lowest BCUT2D eigenvalue weighted by Crippen LogP contribution is -2.43. The van der Waals surface area contributed by atoms with E-state index in [9.17, 15) is 22.8 Å². The molecule has 1 rings (SSSR count). The van der Waals surface area contributed by atoms with Crippen LogP contribution in [0, 0.1) is 5.82 Å². The van der Waals surface area contributed by atoms with Crippen LogP contribution < -0.4 is 5.32 Å². The fraction of sp³-hybridized carbons (Fsp3) is 0.385. The molecule has 0 saturated carbocycles. The molecule has 0 radical (unpaired) electrons. The second-order valence-corrected chi connectivity index (χ2v) is 4.12. The van der Waals surface area contributed by atoms with Gasteiger partial charge in [0.2, 0.25) is 5.91 Å². The molecule has 21 heavy (non-hydrogen) atoms. The lowest BCUT2D eigenvalue weighted by Gasteiger charge is -2.21. The van der Waals surface area contributed by atoms with E-state index in [1.165, 1.54) is 18.2 Å². The molecule has 0 aliphatic rings. The molecular weight excluding hydrogens is 289 g/mol. The number of carbonyl (C=O) groups is 2. The van der Waals surface area contributed by atoms with Gasteiger partial charge in [-0.15, -0.1) is 0 Å². The minimum absolute atomic E-state index is 0.243. The summed E-state index contributed by atoms with van der Waals surface area (Å²) in [6.07, 6.45) is -2.75. The third-order valence-corrected chi connectivity index (χ3v) is 2.60. The van der Waals surface area contributed by atoms with Gasteiger partial charge in [0, 0.05) is 6.54 Å². The predicted octanol–water partition coefficient (Wildman–Crippen LogP) is 0.641. The van der Waals surface area contributed by atoms with Crippen LogP contribution >= 0.6 is 0 Å². The van der Waals surface area contributed by atoms with E-state index in [0.29, 0.717) is 0 Å². The molecule has 2 amide bonds. The normalized spacial score (nSPS) is 10.5. The van der Waals surface area contributed by atoms with Gasteiger partial charge in [0.1, 0.15) is 5.82 Å². The maximum Gasteiger partial charge on any atom is 0.255 e. The summed E-state index contributed by atoms with van der Waals surface area (Å²) in [5, 5.41) is 10.9. The molecule has 0 unspecified atom stereocenters. The Balaban J connectivity index is 2.58. The molecular formula is C13H15F3N2O3. The van der Waals surface area contributed by atoms with Gasteiger partial charge in [-0.1, -0.05) is 12.1 Å². The van der Waals surface area contributed by atoms with Gasteiger partial charge in [-0.25, -0.2) is 13.2 Å². The van der Waals surface area contributed by atoms with Crippen molar-refractivity contribution < 1.29 is 27.9 Å². The topological polar surface area (TPSA) is 69.6 Å². The summed E-state index contributed by atoms with van der Waals surface area (Å²) in [7, 11) is 0. The first-order chi connectivity index (χ1) is 9.95. The minimum atomic E-state index is -2.75. The van der Waals surface area contributed by atoms with E-state index < -0.39 is 43.8 Å². The summed E-state index contributed by atoms with van der Waals surface area (Å²) in [6.45, 7) is -2.13. The van der Waals surface area contributed by atoms with Gasteiger partial charge >= 0.3 is 0 Å². The summed E-state index contributed by atoms with van der Waals surface area (Å²) in [5.74, 6) is -2.35. The van der Waals surface area contributed by atoms with Crippen molar-refractivity contribution in [3.05, 3.63) is 35.6 Å². The molecule has 0 aromatic heterocycles. The highest BCUT2D eigenvalue weighted by Gasteiger charge is 2.19. The zero-order chi connectivity index (χ0) is 15.8. The SMILES string of the molecule is O=C(NCC(=O)N(CCO)CC(F)F)c1ccccc1F. The maximum absolute atomic E-state index is 13.3. The van der Waals surface area contributed by atoms with Gasteiger partial charge in [0.15, 0.2) is 0 Å². The average molecular weight is 304 g/mol. The molecule has 0 aliphatic heterocycles. The van der Waals surface area contributed by atoms with Crippen LogP contribution in [0.4, 0.5) is 13.2 Å². The summed E-state index contributed by atoms with van der Waals surface area (Å²) >= 11 is 0. The predicted molar refractivity (Wildman–Crippen MR) is 68.4 cm³/mol. The fourth-order valence-corrected chi connectivity index (χ4v) is 1.61. The Labute approximate surface area is 119 Å². The highest BCUT2D eigenvalue weighted by molar-refractivity contribution is 5.96. The molecule has 0 heterocycles. The zero-order valence-electron chi connectivity index (χ0n) is 11.1. The van der Waals surface area contributed by atoms with Crippen LogP contribution in [-0.2, 0) is 4.79 Å². The standard InChI is InChI=1S/C13H15F3N2O3/c14-10-4-2-1-3-9(10)13(21)17-7-12(20)18(5-6-19)8-11(15)16/h1-4,11,19H,5-8H2,(H,17,21). The molecule has 2 N–H and O–H groups in total. The number of carbonyl (C=O) groups excluding carboxylic acids is 2. The Kier molecular flexibility index (Phi) is 6.67. The Bertz CT molecular complexity index is 497. The molecule has 0 saturated heterocycles. The number of benzene rings is 1. The number of hydrogen-bond acceptors (Lipinski definition) is 3. The van der Waals surface area contributed by atoms with Crippen LogP contribution in [0.15, 0.2) is 24.3 Å². The number of aliphatic hydroxyl groups is 1. The Morgan fingerprint density at radius 3 is 2.52 bits per heavy atom. The van der Waals surface area contributed by atoms with Gasteiger partial charge < -0.3 is 15.3 Å². The van der Waals surface area contributed by atoms with E-state index >= 15 is 0 Å². The quantitative estimate of drug-likeness (QED) is 0.777. The molecule has 0 atom stereocenters. The van der Waals surface area contributed by atoms with Crippen molar-refractivity contribution >= 4 is 11.8 Å². The summed E-state index contributed by atoms with van der Waals surface area (Å²) in [6, 6.07) is 5.18. The van der Waals surface area contributed by atoms with E-state index in [-0.39, 0.29) is 12.1 Å². The van der Waals surface area contributed by atoms with Crippen molar-refractivity contribution in [1.82, 2.24) is 10.2 Å². The number of alkyl halides is 2. The second kappa shape index (κ2) is 8.25. The monoisotopic (exact) mass is 304 g/mol. The molecule has 116 valence electrons. The zero-order valence-corrected chi connectivity index (χ0v) is 11.1. The third-order valence-electron chi connectivity index (χ3n) is 2.60. The van der Waals surface area contributed by atoms with Crippen molar-refractivity contribution in [2.24, 2.45) is 0 Å².